The van der Waals surface area contributed by atoms with Gasteiger partial charge in [0.05, 0.1) is 13.2 Å². The second kappa shape index (κ2) is 14.1. The van der Waals surface area contributed by atoms with Gasteiger partial charge in [-0.2, -0.15) is 0 Å². The van der Waals surface area contributed by atoms with Gasteiger partial charge in [0.25, 0.3) is 22.0 Å². The van der Waals surface area contributed by atoms with Crippen molar-refractivity contribution in [2.24, 2.45) is 0 Å². The van der Waals surface area contributed by atoms with Gasteiger partial charge in [0.2, 0.25) is 12.8 Å². The predicted octanol–water partition coefficient (Wildman–Crippen LogP) is 1.48. The third-order valence-corrected chi connectivity index (χ3v) is 4.79. The first-order valence-electron chi connectivity index (χ1n) is 10.3. The standard InChI is InChI=1S/C20H26N4O10/c1-15-11-18(20(28)22(14-26)8-4-6-10-34-24(31)32)16(2)12-17(15)19(27)21(13-25)7-3-5-9-33-23(29)30/h11-14H,3-10H2,1-2H3. The minimum atomic E-state index is -0.922. The lowest BCUT2D eigenvalue weighted by Gasteiger charge is -2.20. The molecule has 0 saturated carbocycles. The molecule has 4 amide bonds. The highest BCUT2D eigenvalue weighted by Gasteiger charge is 2.22. The number of nitrogens with zero attached hydrogens (tertiary/aromatic N) is 4. The Morgan fingerprint density at radius 3 is 1.44 bits per heavy atom. The van der Waals surface area contributed by atoms with Gasteiger partial charge in [0.15, 0.2) is 0 Å². The Hall–Kier alpha value is -4.10. The summed E-state index contributed by atoms with van der Waals surface area (Å²) in [6.45, 7) is 2.91. The van der Waals surface area contributed by atoms with Crippen molar-refractivity contribution < 1.29 is 39.0 Å². The normalized spacial score (nSPS) is 10.2. The Bertz CT molecular complexity index is 847. The van der Waals surface area contributed by atoms with Crippen molar-refractivity contribution >= 4 is 24.6 Å². The van der Waals surface area contributed by atoms with Crippen molar-refractivity contribution in [2.75, 3.05) is 26.3 Å². The first-order chi connectivity index (χ1) is 16.1. The van der Waals surface area contributed by atoms with Crippen LogP contribution >= 0.6 is 0 Å². The number of amides is 4. The number of hydrogen-bond acceptors (Lipinski definition) is 10. The zero-order chi connectivity index (χ0) is 25.7. The van der Waals surface area contributed by atoms with E-state index < -0.39 is 22.0 Å². The van der Waals surface area contributed by atoms with Crippen molar-refractivity contribution in [3.8, 4) is 0 Å². The first-order valence-corrected chi connectivity index (χ1v) is 10.3. The Kier molecular flexibility index (Phi) is 11.6. The lowest BCUT2D eigenvalue weighted by Crippen LogP contribution is -2.33. The minimum absolute atomic E-state index is 0.0294. The van der Waals surface area contributed by atoms with Gasteiger partial charge in [-0.05, 0) is 62.8 Å². The molecular weight excluding hydrogens is 456 g/mol. The summed E-state index contributed by atoms with van der Waals surface area (Å²) < 4.78 is 0. The number of carbonyl (C=O) groups is 4. The van der Waals surface area contributed by atoms with E-state index in [0.717, 1.165) is 9.80 Å². The van der Waals surface area contributed by atoms with E-state index in [9.17, 15) is 39.4 Å². The van der Waals surface area contributed by atoms with Crippen molar-refractivity contribution in [1.29, 1.82) is 0 Å². The van der Waals surface area contributed by atoms with E-state index in [0.29, 0.717) is 36.8 Å². The van der Waals surface area contributed by atoms with Crippen molar-refractivity contribution in [3.05, 3.63) is 54.6 Å². The molecule has 0 atom stereocenters. The van der Waals surface area contributed by atoms with Crippen LogP contribution in [0.15, 0.2) is 12.1 Å². The van der Waals surface area contributed by atoms with Crippen molar-refractivity contribution in [2.45, 2.75) is 39.5 Å². The van der Waals surface area contributed by atoms with Crippen LogP contribution in [0.2, 0.25) is 0 Å². The second-order valence-electron chi connectivity index (χ2n) is 7.22. The molecule has 0 saturated heterocycles. The molecule has 0 radical (unpaired) electrons. The Labute approximate surface area is 194 Å². The summed E-state index contributed by atoms with van der Waals surface area (Å²) >= 11 is 0. The fourth-order valence-electron chi connectivity index (χ4n) is 3.04. The largest absolute Gasteiger partial charge is 0.314 e. The van der Waals surface area contributed by atoms with Crippen LogP contribution in [0, 0.1) is 34.1 Å². The van der Waals surface area contributed by atoms with Crippen LogP contribution in [-0.4, -0.2) is 70.9 Å². The lowest BCUT2D eigenvalue weighted by molar-refractivity contribution is -0.757. The highest BCUT2D eigenvalue weighted by atomic mass is 17.0. The summed E-state index contributed by atoms with van der Waals surface area (Å²) in [6.07, 6.45) is 1.86. The molecule has 0 aliphatic carbocycles. The van der Waals surface area contributed by atoms with Gasteiger partial charge in [-0.25, -0.2) is 0 Å². The van der Waals surface area contributed by atoms with E-state index in [-0.39, 0.29) is 50.3 Å². The molecule has 1 aromatic rings. The molecule has 0 aromatic heterocycles. The maximum absolute atomic E-state index is 12.8. The van der Waals surface area contributed by atoms with Crippen LogP contribution in [0.25, 0.3) is 0 Å². The fraction of sp³-hybridized carbons (Fsp3) is 0.500. The Balaban J connectivity index is 2.84. The monoisotopic (exact) mass is 482 g/mol. The quantitative estimate of drug-likeness (QED) is 0.145. The molecule has 34 heavy (non-hydrogen) atoms. The minimum Gasteiger partial charge on any atom is -0.314 e. The van der Waals surface area contributed by atoms with Gasteiger partial charge in [0, 0.05) is 24.2 Å². The van der Waals surface area contributed by atoms with E-state index in [2.05, 4.69) is 9.68 Å². The number of benzene rings is 1. The third kappa shape index (κ3) is 8.80. The number of imide groups is 2. The third-order valence-electron chi connectivity index (χ3n) is 4.79. The van der Waals surface area contributed by atoms with Gasteiger partial charge in [-0.15, -0.1) is 20.2 Å². The summed E-state index contributed by atoms with van der Waals surface area (Å²) in [5, 5.41) is 18.4. The summed E-state index contributed by atoms with van der Waals surface area (Å²) in [4.78, 5) is 78.9. The second-order valence-corrected chi connectivity index (χ2v) is 7.22. The zero-order valence-corrected chi connectivity index (χ0v) is 18.8. The van der Waals surface area contributed by atoms with Crippen molar-refractivity contribution in [3.63, 3.8) is 0 Å². The van der Waals surface area contributed by atoms with Crippen LogP contribution in [0.1, 0.15) is 57.5 Å². The topological polar surface area (TPSA) is 179 Å². The van der Waals surface area contributed by atoms with E-state index in [1.54, 1.807) is 13.8 Å². The first kappa shape index (κ1) is 27.9. The Morgan fingerprint density at radius 1 is 0.794 bits per heavy atom. The van der Waals surface area contributed by atoms with Gasteiger partial charge in [-0.1, -0.05) is 0 Å². The molecular formula is C20H26N4O10. The van der Waals surface area contributed by atoms with E-state index >= 15 is 0 Å². The van der Waals surface area contributed by atoms with Crippen LogP contribution in [0.4, 0.5) is 0 Å². The molecule has 0 aliphatic rings. The van der Waals surface area contributed by atoms with Gasteiger partial charge in [0.1, 0.15) is 0 Å². The predicted molar refractivity (Wildman–Crippen MR) is 114 cm³/mol. The van der Waals surface area contributed by atoms with Crippen LogP contribution in [-0.2, 0) is 19.3 Å². The Morgan fingerprint density at radius 2 is 1.15 bits per heavy atom. The lowest BCUT2D eigenvalue weighted by atomic mass is 9.98. The van der Waals surface area contributed by atoms with E-state index in [4.69, 9.17) is 0 Å². The molecule has 0 heterocycles. The molecule has 0 aliphatic heterocycles. The summed E-state index contributed by atoms with van der Waals surface area (Å²) in [6, 6.07) is 2.90. The smallest absolute Gasteiger partial charge is 0.294 e. The number of hydrogen-bond donors (Lipinski definition) is 0. The highest BCUT2D eigenvalue weighted by molar-refractivity contribution is 6.04. The van der Waals surface area contributed by atoms with Crippen LogP contribution < -0.4 is 0 Å². The summed E-state index contributed by atoms with van der Waals surface area (Å²) in [5.74, 6) is -1.19. The SMILES string of the molecule is Cc1cc(C(=O)N(C=O)CCCCO[N+](=O)[O-])c(C)cc1C(=O)N(C=O)CCCCO[N+](=O)[O-]. The molecule has 14 heteroatoms. The maximum atomic E-state index is 12.8. The van der Waals surface area contributed by atoms with Crippen LogP contribution in [0.5, 0.6) is 0 Å². The molecule has 1 aromatic carbocycles. The van der Waals surface area contributed by atoms with Gasteiger partial charge in [-0.3, -0.25) is 29.0 Å². The van der Waals surface area contributed by atoms with Crippen molar-refractivity contribution in [1.82, 2.24) is 9.80 Å². The fourth-order valence-corrected chi connectivity index (χ4v) is 3.04. The molecule has 14 nitrogen and oxygen atoms in total. The van der Waals surface area contributed by atoms with Crippen LogP contribution in [0.3, 0.4) is 0 Å². The summed E-state index contributed by atoms with van der Waals surface area (Å²) in [7, 11) is 0. The molecule has 0 spiro atoms. The average molecular weight is 482 g/mol. The zero-order valence-electron chi connectivity index (χ0n) is 18.8. The maximum Gasteiger partial charge on any atom is 0.294 e. The number of carbonyl (C=O) groups excluding carboxylic acids is 4. The molecule has 0 fully saturated rings. The molecule has 186 valence electrons. The van der Waals surface area contributed by atoms with E-state index in [1.807, 2.05) is 0 Å². The molecule has 0 bridgehead atoms. The molecule has 1 rings (SSSR count). The number of unbranched alkanes of at least 4 members (excludes halogenated alkanes) is 2. The van der Waals surface area contributed by atoms with Gasteiger partial charge >= 0.3 is 0 Å². The highest BCUT2D eigenvalue weighted by Crippen LogP contribution is 2.20. The average Bonchev–Trinajstić information content (AvgIpc) is 2.78. The molecule has 0 N–H and O–H groups in total. The molecule has 0 unspecified atom stereocenters. The number of rotatable bonds is 16. The number of aryl methyl sites for hydroxylation is 2. The summed E-state index contributed by atoms with van der Waals surface area (Å²) in [5.41, 5.74) is 1.20. The van der Waals surface area contributed by atoms with E-state index in [1.165, 1.54) is 12.1 Å². The van der Waals surface area contributed by atoms with Gasteiger partial charge < -0.3 is 9.68 Å².